The highest BCUT2D eigenvalue weighted by molar-refractivity contribution is 5.73. The van der Waals surface area contributed by atoms with Gasteiger partial charge < -0.3 is 5.73 Å². The Morgan fingerprint density at radius 1 is 1.14 bits per heavy atom. The highest BCUT2D eigenvalue weighted by Crippen LogP contribution is 2.41. The van der Waals surface area contributed by atoms with Crippen LogP contribution in [0.15, 0.2) is 24.3 Å². The number of amides is 1. The summed E-state index contributed by atoms with van der Waals surface area (Å²) in [5.41, 5.74) is 8.41. The SMILES string of the molecule is NC(=O)CC1CCCN(Cc2ccccc2C2CC2)CC1. The first-order valence-electron chi connectivity index (χ1n) is 8.31. The summed E-state index contributed by atoms with van der Waals surface area (Å²) in [6, 6.07) is 8.93. The molecule has 2 aliphatic rings. The zero-order valence-corrected chi connectivity index (χ0v) is 12.8. The molecule has 1 saturated heterocycles. The van der Waals surface area contributed by atoms with Crippen molar-refractivity contribution in [1.29, 1.82) is 0 Å². The van der Waals surface area contributed by atoms with Crippen molar-refractivity contribution in [2.75, 3.05) is 13.1 Å². The molecule has 1 aromatic rings. The molecular formula is C18H26N2O. The molecule has 1 atom stereocenters. The first-order chi connectivity index (χ1) is 10.2. The van der Waals surface area contributed by atoms with E-state index in [1.54, 1.807) is 5.56 Å². The van der Waals surface area contributed by atoms with Gasteiger partial charge in [-0.15, -0.1) is 0 Å². The Bertz CT molecular complexity index is 496. The maximum absolute atomic E-state index is 11.1. The molecule has 1 saturated carbocycles. The van der Waals surface area contributed by atoms with E-state index in [1.165, 1.54) is 24.8 Å². The number of nitrogens with zero attached hydrogens (tertiary/aromatic N) is 1. The minimum absolute atomic E-state index is 0.146. The number of carbonyl (C=O) groups is 1. The lowest BCUT2D eigenvalue weighted by Crippen LogP contribution is -2.25. The summed E-state index contributed by atoms with van der Waals surface area (Å²) in [5, 5.41) is 0. The van der Waals surface area contributed by atoms with Gasteiger partial charge in [0.2, 0.25) is 5.91 Å². The van der Waals surface area contributed by atoms with Crippen LogP contribution in [0.1, 0.15) is 55.6 Å². The molecule has 0 aromatic heterocycles. The number of nitrogens with two attached hydrogens (primary N) is 1. The molecule has 1 aliphatic heterocycles. The molecule has 1 aliphatic carbocycles. The van der Waals surface area contributed by atoms with Crippen LogP contribution in [0.4, 0.5) is 0 Å². The van der Waals surface area contributed by atoms with E-state index in [-0.39, 0.29) is 5.91 Å². The van der Waals surface area contributed by atoms with E-state index >= 15 is 0 Å². The Kier molecular flexibility index (Phi) is 4.59. The first-order valence-corrected chi connectivity index (χ1v) is 8.31. The molecule has 1 unspecified atom stereocenters. The third-order valence-electron chi connectivity index (χ3n) is 4.90. The van der Waals surface area contributed by atoms with Gasteiger partial charge in [0.05, 0.1) is 0 Å². The van der Waals surface area contributed by atoms with Crippen LogP contribution < -0.4 is 5.73 Å². The van der Waals surface area contributed by atoms with E-state index in [4.69, 9.17) is 5.73 Å². The first kappa shape index (κ1) is 14.6. The van der Waals surface area contributed by atoms with Gasteiger partial charge in [0.25, 0.3) is 0 Å². The monoisotopic (exact) mass is 286 g/mol. The summed E-state index contributed by atoms with van der Waals surface area (Å²) in [7, 11) is 0. The van der Waals surface area contributed by atoms with Gasteiger partial charge in [0, 0.05) is 13.0 Å². The van der Waals surface area contributed by atoms with Gasteiger partial charge in [-0.1, -0.05) is 24.3 Å². The Balaban J connectivity index is 1.59. The summed E-state index contributed by atoms with van der Waals surface area (Å²) in [6.45, 7) is 3.31. The molecule has 3 nitrogen and oxygen atoms in total. The maximum atomic E-state index is 11.1. The van der Waals surface area contributed by atoms with Crippen LogP contribution in [-0.2, 0) is 11.3 Å². The summed E-state index contributed by atoms with van der Waals surface area (Å²) in [5.74, 6) is 1.16. The average Bonchev–Trinajstić information content (AvgIpc) is 3.28. The molecule has 0 radical (unpaired) electrons. The summed E-state index contributed by atoms with van der Waals surface area (Å²) in [4.78, 5) is 13.6. The molecule has 3 rings (SSSR count). The molecule has 0 spiro atoms. The Morgan fingerprint density at radius 3 is 2.71 bits per heavy atom. The fraction of sp³-hybridized carbons (Fsp3) is 0.611. The molecule has 2 N–H and O–H groups in total. The van der Waals surface area contributed by atoms with Crippen LogP contribution in [-0.4, -0.2) is 23.9 Å². The molecule has 1 heterocycles. The molecular weight excluding hydrogens is 260 g/mol. The lowest BCUT2D eigenvalue weighted by molar-refractivity contribution is -0.119. The number of hydrogen-bond donors (Lipinski definition) is 1. The van der Waals surface area contributed by atoms with Crippen molar-refractivity contribution in [3.63, 3.8) is 0 Å². The molecule has 0 bridgehead atoms. The second-order valence-electron chi connectivity index (χ2n) is 6.72. The second-order valence-corrected chi connectivity index (χ2v) is 6.72. The molecule has 1 amide bonds. The Labute approximate surface area is 127 Å². The largest absolute Gasteiger partial charge is 0.370 e. The highest BCUT2D eigenvalue weighted by atomic mass is 16.1. The van der Waals surface area contributed by atoms with Crippen LogP contribution in [0.2, 0.25) is 0 Å². The highest BCUT2D eigenvalue weighted by Gasteiger charge is 2.26. The van der Waals surface area contributed by atoms with Crippen molar-refractivity contribution in [1.82, 2.24) is 4.90 Å². The number of hydrogen-bond acceptors (Lipinski definition) is 2. The zero-order chi connectivity index (χ0) is 14.7. The lowest BCUT2D eigenvalue weighted by Gasteiger charge is -2.22. The third-order valence-corrected chi connectivity index (χ3v) is 4.90. The van der Waals surface area contributed by atoms with Gasteiger partial charge in [-0.2, -0.15) is 0 Å². The minimum atomic E-state index is -0.146. The van der Waals surface area contributed by atoms with Gasteiger partial charge in [-0.3, -0.25) is 9.69 Å². The van der Waals surface area contributed by atoms with Crippen LogP contribution in [0.25, 0.3) is 0 Å². The van der Waals surface area contributed by atoms with Crippen LogP contribution >= 0.6 is 0 Å². The van der Waals surface area contributed by atoms with Crippen molar-refractivity contribution in [3.05, 3.63) is 35.4 Å². The standard InChI is InChI=1S/C18H26N2O/c19-18(21)12-14-4-3-10-20(11-9-14)13-16-5-1-2-6-17(16)15-7-8-15/h1-2,5-6,14-15H,3-4,7-13H2,(H2,19,21). The van der Waals surface area contributed by atoms with Crippen molar-refractivity contribution in [2.45, 2.75) is 51.0 Å². The summed E-state index contributed by atoms with van der Waals surface area (Å²) >= 11 is 0. The van der Waals surface area contributed by atoms with Crippen LogP contribution in [0.3, 0.4) is 0 Å². The van der Waals surface area contributed by atoms with Gasteiger partial charge in [0.1, 0.15) is 0 Å². The minimum Gasteiger partial charge on any atom is -0.370 e. The van der Waals surface area contributed by atoms with E-state index in [9.17, 15) is 4.79 Å². The smallest absolute Gasteiger partial charge is 0.217 e. The molecule has 114 valence electrons. The molecule has 3 heteroatoms. The number of benzene rings is 1. The second kappa shape index (κ2) is 6.61. The van der Waals surface area contributed by atoms with Crippen LogP contribution in [0.5, 0.6) is 0 Å². The zero-order valence-electron chi connectivity index (χ0n) is 12.8. The van der Waals surface area contributed by atoms with E-state index in [1.807, 2.05) is 0 Å². The fourth-order valence-electron chi connectivity index (χ4n) is 3.58. The van der Waals surface area contributed by atoms with Crippen LogP contribution in [0, 0.1) is 5.92 Å². The fourth-order valence-corrected chi connectivity index (χ4v) is 3.58. The number of primary amides is 1. The van der Waals surface area contributed by atoms with Crippen molar-refractivity contribution in [3.8, 4) is 0 Å². The van der Waals surface area contributed by atoms with Crippen molar-refractivity contribution in [2.24, 2.45) is 11.7 Å². The quantitative estimate of drug-likeness (QED) is 0.904. The number of likely N-dealkylation sites (tertiary alicyclic amines) is 1. The number of rotatable bonds is 5. The predicted molar refractivity (Wildman–Crippen MR) is 84.8 cm³/mol. The van der Waals surface area contributed by atoms with E-state index in [0.29, 0.717) is 12.3 Å². The van der Waals surface area contributed by atoms with Crippen molar-refractivity contribution >= 4 is 5.91 Å². The topological polar surface area (TPSA) is 46.3 Å². The normalized spacial score (nSPS) is 23.7. The average molecular weight is 286 g/mol. The van der Waals surface area contributed by atoms with Gasteiger partial charge >= 0.3 is 0 Å². The molecule has 21 heavy (non-hydrogen) atoms. The van der Waals surface area contributed by atoms with Gasteiger partial charge in [-0.05, 0) is 68.2 Å². The number of carbonyl (C=O) groups excluding carboxylic acids is 1. The van der Waals surface area contributed by atoms with E-state index in [0.717, 1.165) is 38.4 Å². The lowest BCUT2D eigenvalue weighted by atomic mass is 9.97. The third kappa shape index (κ3) is 4.07. The van der Waals surface area contributed by atoms with Gasteiger partial charge in [-0.25, -0.2) is 0 Å². The maximum Gasteiger partial charge on any atom is 0.217 e. The molecule has 1 aromatic carbocycles. The van der Waals surface area contributed by atoms with E-state index in [2.05, 4.69) is 29.2 Å². The Hall–Kier alpha value is -1.35. The Morgan fingerprint density at radius 2 is 1.95 bits per heavy atom. The van der Waals surface area contributed by atoms with E-state index < -0.39 is 0 Å². The van der Waals surface area contributed by atoms with Gasteiger partial charge in [0.15, 0.2) is 0 Å². The summed E-state index contributed by atoms with van der Waals surface area (Å²) < 4.78 is 0. The van der Waals surface area contributed by atoms with Crippen molar-refractivity contribution < 1.29 is 4.79 Å². The summed E-state index contributed by atoms with van der Waals surface area (Å²) in [6.07, 6.45) is 6.71. The predicted octanol–water partition coefficient (Wildman–Crippen LogP) is 3.04. The molecule has 2 fully saturated rings.